The Balaban J connectivity index is 2.19. The fourth-order valence-corrected chi connectivity index (χ4v) is 1.71. The van der Waals surface area contributed by atoms with Crippen molar-refractivity contribution in [2.24, 2.45) is 5.92 Å². The minimum Gasteiger partial charge on any atom is -0.355 e. The SMILES string of the molecule is CC(C)CNC(=O)CC(=O)NCCc1ccc(Cl)cc1. The quantitative estimate of drug-likeness (QED) is 0.758. The van der Waals surface area contributed by atoms with Crippen molar-refractivity contribution in [3.63, 3.8) is 0 Å². The van der Waals surface area contributed by atoms with Gasteiger partial charge in [0, 0.05) is 18.1 Å². The summed E-state index contributed by atoms with van der Waals surface area (Å²) in [7, 11) is 0. The molecule has 1 rings (SSSR count). The van der Waals surface area contributed by atoms with Gasteiger partial charge in [0.15, 0.2) is 0 Å². The third-order valence-electron chi connectivity index (χ3n) is 2.68. The average Bonchev–Trinajstić information content (AvgIpc) is 2.38. The predicted octanol–water partition coefficient (Wildman–Crippen LogP) is 2.16. The lowest BCUT2D eigenvalue weighted by atomic mass is 10.1. The molecule has 2 amide bonds. The molecule has 110 valence electrons. The van der Waals surface area contributed by atoms with Gasteiger partial charge < -0.3 is 10.6 Å². The van der Waals surface area contributed by atoms with E-state index in [0.29, 0.717) is 24.0 Å². The molecule has 20 heavy (non-hydrogen) atoms. The second kappa shape index (κ2) is 8.59. The summed E-state index contributed by atoms with van der Waals surface area (Å²) in [5, 5.41) is 6.14. The number of benzene rings is 1. The molecule has 0 bridgehead atoms. The maximum Gasteiger partial charge on any atom is 0.229 e. The molecule has 0 saturated carbocycles. The summed E-state index contributed by atoms with van der Waals surface area (Å²) in [6.45, 7) is 5.12. The van der Waals surface area contributed by atoms with E-state index in [9.17, 15) is 9.59 Å². The zero-order valence-electron chi connectivity index (χ0n) is 11.9. The molecule has 0 saturated heterocycles. The minimum atomic E-state index is -0.250. The number of hydrogen-bond acceptors (Lipinski definition) is 2. The van der Waals surface area contributed by atoms with Crippen LogP contribution < -0.4 is 10.6 Å². The van der Waals surface area contributed by atoms with Crippen LogP contribution in [0.1, 0.15) is 25.8 Å². The molecule has 0 spiro atoms. The van der Waals surface area contributed by atoms with Gasteiger partial charge in [0.05, 0.1) is 0 Å². The van der Waals surface area contributed by atoms with E-state index >= 15 is 0 Å². The van der Waals surface area contributed by atoms with Crippen LogP contribution >= 0.6 is 11.6 Å². The Morgan fingerprint density at radius 1 is 1.10 bits per heavy atom. The van der Waals surface area contributed by atoms with Gasteiger partial charge in [0.2, 0.25) is 11.8 Å². The van der Waals surface area contributed by atoms with E-state index in [1.165, 1.54) is 0 Å². The van der Waals surface area contributed by atoms with Gasteiger partial charge in [-0.2, -0.15) is 0 Å². The first kappa shape index (κ1) is 16.5. The molecule has 0 radical (unpaired) electrons. The molecule has 0 heterocycles. The van der Waals surface area contributed by atoms with E-state index in [2.05, 4.69) is 10.6 Å². The van der Waals surface area contributed by atoms with Crippen molar-refractivity contribution in [3.05, 3.63) is 34.9 Å². The Labute approximate surface area is 124 Å². The second-order valence-electron chi connectivity index (χ2n) is 5.10. The van der Waals surface area contributed by atoms with Gasteiger partial charge in [0.25, 0.3) is 0 Å². The van der Waals surface area contributed by atoms with E-state index in [1.807, 2.05) is 38.1 Å². The van der Waals surface area contributed by atoms with Crippen molar-refractivity contribution >= 4 is 23.4 Å². The van der Waals surface area contributed by atoms with Crippen LogP contribution in [-0.2, 0) is 16.0 Å². The molecule has 0 aromatic heterocycles. The standard InChI is InChI=1S/C15H21ClN2O2/c1-11(2)10-18-15(20)9-14(19)17-8-7-12-3-5-13(16)6-4-12/h3-6,11H,7-10H2,1-2H3,(H,17,19)(H,18,20). The molecule has 1 aromatic carbocycles. The molecule has 0 aliphatic heterocycles. The van der Waals surface area contributed by atoms with Gasteiger partial charge in [-0.15, -0.1) is 0 Å². The van der Waals surface area contributed by atoms with Crippen molar-refractivity contribution < 1.29 is 9.59 Å². The van der Waals surface area contributed by atoms with E-state index in [-0.39, 0.29) is 18.2 Å². The highest BCUT2D eigenvalue weighted by atomic mass is 35.5. The fourth-order valence-electron chi connectivity index (χ4n) is 1.59. The number of amides is 2. The Hall–Kier alpha value is -1.55. The zero-order valence-corrected chi connectivity index (χ0v) is 12.7. The summed E-state index contributed by atoms with van der Waals surface area (Å²) in [5.74, 6) is -0.102. The molecule has 5 heteroatoms. The fraction of sp³-hybridized carbons (Fsp3) is 0.467. The number of hydrogen-bond donors (Lipinski definition) is 2. The summed E-state index contributed by atoms with van der Waals surface area (Å²) < 4.78 is 0. The molecular formula is C15H21ClN2O2. The molecule has 4 nitrogen and oxygen atoms in total. The lowest BCUT2D eigenvalue weighted by Crippen LogP contribution is -2.34. The monoisotopic (exact) mass is 296 g/mol. The summed E-state index contributed by atoms with van der Waals surface area (Å²) in [6, 6.07) is 7.48. The van der Waals surface area contributed by atoms with Gasteiger partial charge in [-0.1, -0.05) is 37.6 Å². The first-order valence-electron chi connectivity index (χ1n) is 6.75. The predicted molar refractivity (Wildman–Crippen MR) is 80.6 cm³/mol. The van der Waals surface area contributed by atoms with Crippen LogP contribution in [-0.4, -0.2) is 24.9 Å². The third kappa shape index (κ3) is 7.14. The topological polar surface area (TPSA) is 58.2 Å². The lowest BCUT2D eigenvalue weighted by Gasteiger charge is -2.08. The van der Waals surface area contributed by atoms with Crippen molar-refractivity contribution in [3.8, 4) is 0 Å². The molecular weight excluding hydrogens is 276 g/mol. The van der Waals surface area contributed by atoms with Crippen molar-refractivity contribution in [2.45, 2.75) is 26.7 Å². The summed E-state index contributed by atoms with van der Waals surface area (Å²) in [4.78, 5) is 23.0. The number of carbonyl (C=O) groups excluding carboxylic acids is 2. The number of rotatable bonds is 7. The highest BCUT2D eigenvalue weighted by molar-refractivity contribution is 6.30. The highest BCUT2D eigenvalue weighted by Crippen LogP contribution is 2.09. The van der Waals surface area contributed by atoms with Crippen molar-refractivity contribution in [2.75, 3.05) is 13.1 Å². The number of halogens is 1. The summed E-state index contributed by atoms with van der Waals surface area (Å²) in [6.07, 6.45) is 0.601. The van der Waals surface area contributed by atoms with Gasteiger partial charge in [-0.25, -0.2) is 0 Å². The van der Waals surface area contributed by atoms with Crippen molar-refractivity contribution in [1.82, 2.24) is 10.6 Å². The van der Waals surface area contributed by atoms with Crippen LogP contribution in [0, 0.1) is 5.92 Å². The molecule has 0 atom stereocenters. The summed E-state index contributed by atoms with van der Waals surface area (Å²) in [5.41, 5.74) is 1.10. The normalized spacial score (nSPS) is 10.4. The maximum absolute atomic E-state index is 11.5. The second-order valence-corrected chi connectivity index (χ2v) is 5.54. The number of carbonyl (C=O) groups is 2. The Morgan fingerprint density at radius 3 is 2.30 bits per heavy atom. The maximum atomic E-state index is 11.5. The van der Waals surface area contributed by atoms with Crippen LogP contribution in [0.5, 0.6) is 0 Å². The zero-order chi connectivity index (χ0) is 15.0. The summed E-state index contributed by atoms with van der Waals surface area (Å²) >= 11 is 5.79. The van der Waals surface area contributed by atoms with Crippen LogP contribution in [0.2, 0.25) is 5.02 Å². The van der Waals surface area contributed by atoms with E-state index in [0.717, 1.165) is 12.0 Å². The first-order chi connectivity index (χ1) is 9.47. The lowest BCUT2D eigenvalue weighted by molar-refractivity contribution is -0.129. The smallest absolute Gasteiger partial charge is 0.229 e. The first-order valence-corrected chi connectivity index (χ1v) is 7.13. The van der Waals surface area contributed by atoms with Crippen LogP contribution in [0.3, 0.4) is 0 Å². The van der Waals surface area contributed by atoms with Crippen molar-refractivity contribution in [1.29, 1.82) is 0 Å². The average molecular weight is 297 g/mol. The number of nitrogens with one attached hydrogen (secondary N) is 2. The Bertz CT molecular complexity index is 444. The minimum absolute atomic E-state index is 0.118. The highest BCUT2D eigenvalue weighted by Gasteiger charge is 2.08. The molecule has 0 aliphatic rings. The van der Waals surface area contributed by atoms with E-state index < -0.39 is 0 Å². The van der Waals surface area contributed by atoms with Crippen LogP contribution in [0.4, 0.5) is 0 Å². The largest absolute Gasteiger partial charge is 0.355 e. The van der Waals surface area contributed by atoms with E-state index in [4.69, 9.17) is 11.6 Å². The molecule has 1 aromatic rings. The molecule has 0 fully saturated rings. The Morgan fingerprint density at radius 2 is 1.70 bits per heavy atom. The van der Waals surface area contributed by atoms with Gasteiger partial charge in [-0.05, 0) is 30.0 Å². The Kier molecular flexibility index (Phi) is 7.09. The van der Waals surface area contributed by atoms with Crippen LogP contribution in [0.15, 0.2) is 24.3 Å². The van der Waals surface area contributed by atoms with Gasteiger partial charge in [0.1, 0.15) is 6.42 Å². The third-order valence-corrected chi connectivity index (χ3v) is 2.93. The molecule has 2 N–H and O–H groups in total. The van der Waals surface area contributed by atoms with Crippen LogP contribution in [0.25, 0.3) is 0 Å². The molecule has 0 unspecified atom stereocenters. The molecule has 0 aliphatic carbocycles. The van der Waals surface area contributed by atoms with E-state index in [1.54, 1.807) is 0 Å². The van der Waals surface area contributed by atoms with Gasteiger partial charge >= 0.3 is 0 Å². The van der Waals surface area contributed by atoms with Gasteiger partial charge in [-0.3, -0.25) is 9.59 Å².